The summed E-state index contributed by atoms with van der Waals surface area (Å²) in [6.45, 7) is 27.5. The molecule has 0 aliphatic carbocycles. The molecule has 4 aromatic rings. The number of aryl methyl sites for hydroxylation is 3. The first-order valence-corrected chi connectivity index (χ1v) is 13.1. The third-order valence-electron chi connectivity index (χ3n) is 1.83. The van der Waals surface area contributed by atoms with Crippen LogP contribution in [-0.2, 0) is 7.05 Å². The van der Waals surface area contributed by atoms with Crippen LogP contribution in [-0.4, -0.2) is 39.5 Å². The molecule has 4 heterocycles. The van der Waals surface area contributed by atoms with E-state index in [1.165, 1.54) is 24.3 Å². The lowest BCUT2D eigenvalue weighted by Crippen LogP contribution is -1.76. The van der Waals surface area contributed by atoms with E-state index in [9.17, 15) is 0 Å². The summed E-state index contributed by atoms with van der Waals surface area (Å²) in [5.74, 6) is 1.25. The highest BCUT2D eigenvalue weighted by Gasteiger charge is 1.89. The Labute approximate surface area is 218 Å². The Kier molecular flexibility index (Phi) is 68.7. The van der Waals surface area contributed by atoms with Crippen molar-refractivity contribution in [2.24, 2.45) is 7.05 Å². The molecule has 35 heavy (non-hydrogen) atoms. The lowest BCUT2D eigenvalue weighted by atomic mass is 10.8. The molecule has 0 unspecified atom stereocenters. The van der Waals surface area contributed by atoms with Gasteiger partial charge in [0.25, 0.3) is 0 Å². The molecule has 0 aliphatic rings. The maximum Gasteiger partial charge on any atom is 0.213 e. The molecule has 11 heteroatoms. The van der Waals surface area contributed by atoms with Crippen LogP contribution in [0, 0.1) is 13.8 Å². The topological polar surface area (TPSA) is 121 Å². The predicted octanol–water partition coefficient (Wildman–Crippen LogP) is 7.87. The van der Waals surface area contributed by atoms with E-state index in [1.54, 1.807) is 32.6 Å². The van der Waals surface area contributed by atoms with Crippen molar-refractivity contribution in [3.05, 3.63) is 54.8 Å². The molecule has 0 aromatic carbocycles. The zero-order chi connectivity index (χ0) is 28.8. The first-order valence-electron chi connectivity index (χ1n) is 12.3. The Hall–Kier alpha value is -2.95. The highest BCUT2D eigenvalue weighted by Crippen LogP contribution is 1.92. The summed E-state index contributed by atoms with van der Waals surface area (Å²) in [5.41, 5.74) is 0. The summed E-state index contributed by atoms with van der Waals surface area (Å²) < 4.78 is 14.5. The molecular formula is C24H52N8O2S. The Balaban J connectivity index is -0.0000000705. The monoisotopic (exact) mass is 516 g/mol. The van der Waals surface area contributed by atoms with E-state index in [2.05, 4.69) is 39.4 Å². The first-order chi connectivity index (χ1) is 17.2. The minimum atomic E-state index is 0.623. The van der Waals surface area contributed by atoms with E-state index in [-0.39, 0.29) is 0 Å². The van der Waals surface area contributed by atoms with Gasteiger partial charge in [-0.25, -0.2) is 9.97 Å². The molecule has 4 rings (SSSR count). The van der Waals surface area contributed by atoms with Crippen molar-refractivity contribution in [3.8, 4) is 0 Å². The fourth-order valence-corrected chi connectivity index (χ4v) is 1.27. The zero-order valence-corrected chi connectivity index (χ0v) is 25.7. The summed E-state index contributed by atoms with van der Waals surface area (Å²) in [7, 11) is 1.94. The molecule has 0 radical (unpaired) electrons. The lowest BCUT2D eigenvalue weighted by Gasteiger charge is -1.76. The van der Waals surface area contributed by atoms with Gasteiger partial charge in [0.2, 0.25) is 18.2 Å². The second-order valence-electron chi connectivity index (χ2n) is 3.74. The summed E-state index contributed by atoms with van der Waals surface area (Å²) in [5, 5.41) is 15.7. The number of hydrogen-bond donors (Lipinski definition) is 0. The van der Waals surface area contributed by atoms with Crippen LogP contribution in [0.2, 0.25) is 0 Å². The van der Waals surface area contributed by atoms with Crippen LogP contribution >= 0.6 is 11.5 Å². The van der Waals surface area contributed by atoms with Gasteiger partial charge in [-0.1, -0.05) is 92.7 Å². The summed E-state index contributed by atoms with van der Waals surface area (Å²) in [6.07, 6.45) is 9.64. The van der Waals surface area contributed by atoms with Crippen molar-refractivity contribution >= 4 is 11.5 Å². The van der Waals surface area contributed by atoms with E-state index < -0.39 is 0 Å². The quantitative estimate of drug-likeness (QED) is 0.229. The fraction of sp³-hybridized carbons (Fsp3) is 0.625. The average Bonchev–Trinajstić information content (AvgIpc) is 3.78. The van der Waals surface area contributed by atoms with Gasteiger partial charge in [0.15, 0.2) is 6.33 Å². The van der Waals surface area contributed by atoms with Crippen molar-refractivity contribution in [2.75, 3.05) is 0 Å². The second-order valence-corrected chi connectivity index (χ2v) is 4.38. The van der Waals surface area contributed by atoms with Crippen molar-refractivity contribution < 1.29 is 8.94 Å². The fourth-order valence-electron chi connectivity index (χ4n) is 0.993. The molecule has 0 saturated heterocycles. The maximum absolute atomic E-state index is 4.86. The Morgan fingerprint density at radius 3 is 1.37 bits per heavy atom. The number of nitrogens with zero attached hydrogens (tertiary/aromatic N) is 8. The molecule has 0 bridgehead atoms. The van der Waals surface area contributed by atoms with Crippen molar-refractivity contribution in [1.82, 2.24) is 39.5 Å². The number of hydrogen-bond acceptors (Lipinski definition) is 10. The standard InChI is InChI=1S/C4H6N2O.C4H6N2.C2H2N2O.C2H2N2S.6C2H6/c1-3-5-6-4(2)7-3;1-6-3-2-5-4-6;1-3-2-5-4-1;1-2-5-4-3-1;6*1-2/h1-2H3;2-4H,1H3;2*1-2H;6*1-2H3. The van der Waals surface area contributed by atoms with E-state index in [0.717, 1.165) is 0 Å². The van der Waals surface area contributed by atoms with Gasteiger partial charge in [-0.15, -0.1) is 15.3 Å². The summed E-state index contributed by atoms with van der Waals surface area (Å²) in [6, 6.07) is 0. The van der Waals surface area contributed by atoms with Gasteiger partial charge in [-0.2, -0.15) is 0 Å². The normalized spacial score (nSPS) is 6.71. The van der Waals surface area contributed by atoms with Gasteiger partial charge in [-0.05, 0) is 11.5 Å². The molecule has 0 atom stereocenters. The molecule has 0 aliphatic heterocycles. The SMILES string of the molecule is CC.CC.CC.CC.CC.CC.Cc1nnc(C)o1.Cn1ccnc1.c1csnn1.c1ncon1. The van der Waals surface area contributed by atoms with Crippen LogP contribution in [0.25, 0.3) is 0 Å². The van der Waals surface area contributed by atoms with Gasteiger partial charge in [-0.3, -0.25) is 0 Å². The van der Waals surface area contributed by atoms with E-state index in [4.69, 9.17) is 4.42 Å². The molecule has 0 fully saturated rings. The molecule has 0 amide bonds. The Bertz CT molecular complexity index is 610. The van der Waals surface area contributed by atoms with Crippen LogP contribution in [0.3, 0.4) is 0 Å². The van der Waals surface area contributed by atoms with Crippen molar-refractivity contribution in [2.45, 2.75) is 96.9 Å². The largest absolute Gasteiger partial charge is 0.426 e. The van der Waals surface area contributed by atoms with E-state index in [0.29, 0.717) is 11.8 Å². The summed E-state index contributed by atoms with van der Waals surface area (Å²) in [4.78, 5) is 7.23. The van der Waals surface area contributed by atoms with Crippen LogP contribution in [0.15, 0.2) is 52.0 Å². The maximum atomic E-state index is 4.86. The van der Waals surface area contributed by atoms with Crippen LogP contribution < -0.4 is 0 Å². The third-order valence-corrected chi connectivity index (χ3v) is 2.26. The van der Waals surface area contributed by atoms with Gasteiger partial charge < -0.3 is 13.5 Å². The molecule has 0 saturated carbocycles. The molecule has 0 N–H and O–H groups in total. The van der Waals surface area contributed by atoms with Crippen LogP contribution in [0.5, 0.6) is 0 Å². The predicted molar refractivity (Wildman–Crippen MR) is 149 cm³/mol. The molecule has 0 spiro atoms. The number of aromatic nitrogens is 8. The molecule has 4 aromatic heterocycles. The Morgan fingerprint density at radius 2 is 1.26 bits per heavy atom. The molecule has 206 valence electrons. The highest BCUT2D eigenvalue weighted by molar-refractivity contribution is 7.03. The van der Waals surface area contributed by atoms with Crippen LogP contribution in [0.4, 0.5) is 0 Å². The van der Waals surface area contributed by atoms with Crippen molar-refractivity contribution in [1.29, 1.82) is 0 Å². The van der Waals surface area contributed by atoms with Gasteiger partial charge in [0.05, 0.1) is 12.5 Å². The van der Waals surface area contributed by atoms with E-state index in [1.807, 2.05) is 106 Å². The first kappa shape index (κ1) is 45.5. The minimum absolute atomic E-state index is 0.623. The molecular weight excluding hydrogens is 464 g/mol. The minimum Gasteiger partial charge on any atom is -0.426 e. The van der Waals surface area contributed by atoms with Gasteiger partial charge >= 0.3 is 0 Å². The van der Waals surface area contributed by atoms with E-state index >= 15 is 0 Å². The molecule has 10 nitrogen and oxygen atoms in total. The number of imidazole rings is 1. The lowest BCUT2D eigenvalue weighted by molar-refractivity contribution is 0.416. The second kappa shape index (κ2) is 52.8. The Morgan fingerprint density at radius 1 is 0.743 bits per heavy atom. The summed E-state index contributed by atoms with van der Waals surface area (Å²) >= 11 is 1.35. The smallest absolute Gasteiger partial charge is 0.213 e. The van der Waals surface area contributed by atoms with Crippen LogP contribution in [0.1, 0.15) is 94.9 Å². The van der Waals surface area contributed by atoms with Crippen molar-refractivity contribution in [3.63, 3.8) is 0 Å². The average molecular weight is 517 g/mol. The van der Waals surface area contributed by atoms with Gasteiger partial charge in [0, 0.05) is 38.7 Å². The number of rotatable bonds is 0. The highest BCUT2D eigenvalue weighted by atomic mass is 32.1. The zero-order valence-electron chi connectivity index (χ0n) is 24.8. The third kappa shape index (κ3) is 49.3. The van der Waals surface area contributed by atoms with Gasteiger partial charge in [0.1, 0.15) is 0 Å².